The van der Waals surface area contributed by atoms with Crippen molar-refractivity contribution in [1.82, 2.24) is 14.8 Å². The second kappa shape index (κ2) is 7.49. The van der Waals surface area contributed by atoms with Gasteiger partial charge in [0.15, 0.2) is 5.82 Å². The lowest BCUT2D eigenvalue weighted by molar-refractivity contribution is -0.384. The van der Waals surface area contributed by atoms with Crippen LogP contribution in [-0.2, 0) is 13.0 Å². The normalized spacial score (nSPS) is 14.1. The third-order valence-electron chi connectivity index (χ3n) is 4.68. The van der Waals surface area contributed by atoms with Gasteiger partial charge in [-0.2, -0.15) is 0 Å². The number of aryl methyl sites for hydroxylation is 1. The van der Waals surface area contributed by atoms with Crippen LogP contribution < -0.4 is 0 Å². The number of nitrogens with zero attached hydrogens (tertiary/aromatic N) is 5. The van der Waals surface area contributed by atoms with E-state index in [1.165, 1.54) is 25.0 Å². The average Bonchev–Trinajstić information content (AvgIpc) is 2.95. The molecule has 0 atom stereocenters. The van der Waals surface area contributed by atoms with Crippen molar-refractivity contribution in [3.8, 4) is 11.4 Å². The van der Waals surface area contributed by atoms with Crippen molar-refractivity contribution in [3.05, 3.63) is 70.0 Å². The van der Waals surface area contributed by atoms with E-state index >= 15 is 0 Å². The molecule has 0 spiro atoms. The van der Waals surface area contributed by atoms with E-state index in [2.05, 4.69) is 19.8 Å². The Bertz CT molecular complexity index is 992. The number of nitro groups is 1. The quantitative estimate of drug-likeness (QED) is 0.393. The molecule has 7 nitrogen and oxygen atoms in total. The Morgan fingerprint density at radius 3 is 2.74 bits per heavy atom. The Kier molecular flexibility index (Phi) is 4.74. The fraction of sp³-hybridized carbons (Fsp3) is 0.250. The van der Waals surface area contributed by atoms with Gasteiger partial charge in [0.1, 0.15) is 5.82 Å². The van der Waals surface area contributed by atoms with E-state index in [1.807, 2.05) is 24.3 Å². The van der Waals surface area contributed by atoms with Crippen LogP contribution in [0.15, 0.2) is 53.5 Å². The first-order valence-electron chi connectivity index (χ1n) is 9.02. The second-order valence-corrected chi connectivity index (χ2v) is 6.56. The lowest BCUT2D eigenvalue weighted by Crippen LogP contribution is -2.02. The van der Waals surface area contributed by atoms with Crippen LogP contribution in [0.4, 0.5) is 11.4 Å². The van der Waals surface area contributed by atoms with Gasteiger partial charge in [-0.3, -0.25) is 15.1 Å². The van der Waals surface area contributed by atoms with E-state index in [9.17, 15) is 10.1 Å². The van der Waals surface area contributed by atoms with Crippen LogP contribution in [0.25, 0.3) is 11.4 Å². The smallest absolute Gasteiger partial charge is 0.270 e. The van der Waals surface area contributed by atoms with Crippen LogP contribution in [0.2, 0.25) is 0 Å². The van der Waals surface area contributed by atoms with E-state index in [0.29, 0.717) is 5.56 Å². The monoisotopic (exact) mass is 361 g/mol. The van der Waals surface area contributed by atoms with Gasteiger partial charge in [0.25, 0.3) is 5.69 Å². The van der Waals surface area contributed by atoms with Crippen LogP contribution in [0, 0.1) is 10.1 Å². The predicted molar refractivity (Wildman–Crippen MR) is 103 cm³/mol. The Labute approximate surface area is 156 Å². The maximum atomic E-state index is 10.8. The van der Waals surface area contributed by atoms with Crippen molar-refractivity contribution in [3.63, 3.8) is 0 Å². The summed E-state index contributed by atoms with van der Waals surface area (Å²) in [4.78, 5) is 14.9. The molecule has 0 radical (unpaired) electrons. The van der Waals surface area contributed by atoms with Gasteiger partial charge >= 0.3 is 0 Å². The summed E-state index contributed by atoms with van der Waals surface area (Å²) < 4.78 is 2.22. The highest BCUT2D eigenvalue weighted by Gasteiger charge is 2.15. The summed E-state index contributed by atoms with van der Waals surface area (Å²) >= 11 is 0. The number of nitro benzene ring substituents is 1. The molecule has 1 aliphatic rings. The maximum absolute atomic E-state index is 10.8. The first kappa shape index (κ1) is 17.1. The van der Waals surface area contributed by atoms with Gasteiger partial charge in [0.2, 0.25) is 0 Å². The molecule has 0 saturated heterocycles. The molecule has 0 fully saturated rings. The molecule has 0 aliphatic carbocycles. The van der Waals surface area contributed by atoms with Gasteiger partial charge in [-0.1, -0.05) is 18.6 Å². The standard InChI is InChI=1S/C20H19N5O2/c26-25(27)18-6-4-5-15(13-18)14-21-17-10-8-16(9-11-17)20-23-22-19-7-2-1-3-12-24(19)20/h4-6,8-11,13-14H,1-3,7,12H2. The third kappa shape index (κ3) is 3.76. The summed E-state index contributed by atoms with van der Waals surface area (Å²) in [5, 5.41) is 19.6. The highest BCUT2D eigenvalue weighted by Crippen LogP contribution is 2.24. The number of benzene rings is 2. The molecular weight excluding hydrogens is 342 g/mol. The molecule has 4 rings (SSSR count). The van der Waals surface area contributed by atoms with E-state index in [-0.39, 0.29) is 5.69 Å². The molecule has 2 heterocycles. The first-order chi connectivity index (χ1) is 13.2. The van der Waals surface area contributed by atoms with Crippen molar-refractivity contribution in [2.75, 3.05) is 0 Å². The summed E-state index contributed by atoms with van der Waals surface area (Å²) in [6.45, 7) is 0.963. The van der Waals surface area contributed by atoms with E-state index in [1.54, 1.807) is 18.3 Å². The largest absolute Gasteiger partial charge is 0.311 e. The third-order valence-corrected chi connectivity index (χ3v) is 4.68. The SMILES string of the molecule is O=[N+]([O-])c1cccc(C=Nc2ccc(-c3nnc4n3CCCCC4)cc2)c1. The molecule has 3 aromatic rings. The molecule has 0 unspecified atom stereocenters. The van der Waals surface area contributed by atoms with Gasteiger partial charge in [-0.15, -0.1) is 10.2 Å². The van der Waals surface area contributed by atoms with Gasteiger partial charge < -0.3 is 4.57 Å². The van der Waals surface area contributed by atoms with E-state index in [0.717, 1.165) is 42.3 Å². The highest BCUT2D eigenvalue weighted by molar-refractivity contribution is 5.83. The van der Waals surface area contributed by atoms with Crippen LogP contribution in [0.1, 0.15) is 30.7 Å². The summed E-state index contributed by atoms with van der Waals surface area (Å²) in [6, 6.07) is 14.2. The molecule has 2 aromatic carbocycles. The summed E-state index contributed by atoms with van der Waals surface area (Å²) in [7, 11) is 0. The molecule has 1 aliphatic heterocycles. The Morgan fingerprint density at radius 2 is 1.93 bits per heavy atom. The molecule has 136 valence electrons. The minimum atomic E-state index is -0.409. The van der Waals surface area contributed by atoms with Crippen LogP contribution >= 0.6 is 0 Å². The molecule has 0 bridgehead atoms. The molecule has 0 saturated carbocycles. The molecular formula is C20H19N5O2. The van der Waals surface area contributed by atoms with Gasteiger partial charge in [0.05, 0.1) is 10.6 Å². The van der Waals surface area contributed by atoms with Gasteiger partial charge in [-0.05, 0) is 42.7 Å². The van der Waals surface area contributed by atoms with Crippen molar-refractivity contribution in [2.45, 2.75) is 32.2 Å². The maximum Gasteiger partial charge on any atom is 0.270 e. The van der Waals surface area contributed by atoms with Gasteiger partial charge in [0, 0.05) is 36.9 Å². The molecule has 1 aromatic heterocycles. The summed E-state index contributed by atoms with van der Waals surface area (Å²) in [6.07, 6.45) is 6.17. The zero-order valence-corrected chi connectivity index (χ0v) is 14.8. The number of fused-ring (bicyclic) bond motifs is 1. The average molecular weight is 361 g/mol. The minimum absolute atomic E-state index is 0.0572. The van der Waals surface area contributed by atoms with Crippen molar-refractivity contribution in [2.24, 2.45) is 4.99 Å². The predicted octanol–water partition coefficient (Wildman–Crippen LogP) is 4.33. The number of non-ortho nitro benzene ring substituents is 1. The lowest BCUT2D eigenvalue weighted by atomic mass is 10.2. The molecule has 7 heteroatoms. The van der Waals surface area contributed by atoms with Gasteiger partial charge in [-0.25, -0.2) is 0 Å². The number of rotatable bonds is 4. The molecule has 27 heavy (non-hydrogen) atoms. The first-order valence-corrected chi connectivity index (χ1v) is 9.02. The Morgan fingerprint density at radius 1 is 1.07 bits per heavy atom. The Hall–Kier alpha value is -3.35. The van der Waals surface area contributed by atoms with Crippen LogP contribution in [0.3, 0.4) is 0 Å². The highest BCUT2D eigenvalue weighted by atomic mass is 16.6. The fourth-order valence-electron chi connectivity index (χ4n) is 3.26. The zero-order chi connectivity index (χ0) is 18.6. The topological polar surface area (TPSA) is 86.2 Å². The van der Waals surface area contributed by atoms with E-state index in [4.69, 9.17) is 0 Å². The zero-order valence-electron chi connectivity index (χ0n) is 14.8. The van der Waals surface area contributed by atoms with Crippen molar-refractivity contribution >= 4 is 17.6 Å². The second-order valence-electron chi connectivity index (χ2n) is 6.56. The fourth-order valence-corrected chi connectivity index (χ4v) is 3.26. The number of aliphatic imine (C=N–C) groups is 1. The molecule has 0 amide bonds. The number of hydrogen-bond acceptors (Lipinski definition) is 5. The van der Waals surface area contributed by atoms with Crippen molar-refractivity contribution < 1.29 is 4.92 Å². The number of aromatic nitrogens is 3. The van der Waals surface area contributed by atoms with Crippen LogP contribution in [0.5, 0.6) is 0 Å². The lowest BCUT2D eigenvalue weighted by Gasteiger charge is -2.07. The Balaban J connectivity index is 1.54. The summed E-state index contributed by atoms with van der Waals surface area (Å²) in [5.41, 5.74) is 2.55. The minimum Gasteiger partial charge on any atom is -0.311 e. The van der Waals surface area contributed by atoms with Crippen LogP contribution in [-0.4, -0.2) is 25.9 Å². The van der Waals surface area contributed by atoms with E-state index < -0.39 is 4.92 Å². The number of hydrogen-bond donors (Lipinski definition) is 0. The summed E-state index contributed by atoms with van der Waals surface area (Å²) in [5.74, 6) is 1.97. The van der Waals surface area contributed by atoms with Crippen molar-refractivity contribution in [1.29, 1.82) is 0 Å². The molecule has 0 N–H and O–H groups in total.